The van der Waals surface area contributed by atoms with Crippen LogP contribution in [-0.2, 0) is 6.54 Å². The number of hydrogen-bond acceptors (Lipinski definition) is 5. The molecule has 1 saturated heterocycles. The second kappa shape index (κ2) is 12.9. The van der Waals surface area contributed by atoms with Crippen molar-refractivity contribution in [3.8, 4) is 0 Å². The van der Waals surface area contributed by atoms with Crippen molar-refractivity contribution in [2.24, 2.45) is 0 Å². The van der Waals surface area contributed by atoms with Crippen molar-refractivity contribution in [2.75, 3.05) is 38.0 Å². The molecule has 3 amide bonds. The van der Waals surface area contributed by atoms with Gasteiger partial charge in [-0.15, -0.1) is 11.3 Å². The van der Waals surface area contributed by atoms with Crippen LogP contribution in [0, 0.1) is 0 Å². The van der Waals surface area contributed by atoms with Gasteiger partial charge < -0.3 is 15.1 Å². The number of anilines is 1. The highest BCUT2D eigenvalue weighted by atomic mass is 35.5. The van der Waals surface area contributed by atoms with Crippen LogP contribution < -0.4 is 5.32 Å². The Balaban J connectivity index is 1.29. The molecule has 7 nitrogen and oxygen atoms in total. The maximum atomic E-state index is 13.1. The molecule has 0 atom stereocenters. The van der Waals surface area contributed by atoms with Crippen molar-refractivity contribution in [3.63, 3.8) is 0 Å². The van der Waals surface area contributed by atoms with E-state index < -0.39 is 0 Å². The number of carbonyl (C=O) groups is 2. The first-order valence-corrected chi connectivity index (χ1v) is 13.7. The molecule has 37 heavy (non-hydrogen) atoms. The fourth-order valence-electron chi connectivity index (χ4n) is 4.08. The lowest BCUT2D eigenvalue weighted by Gasteiger charge is -2.33. The van der Waals surface area contributed by atoms with Gasteiger partial charge >= 0.3 is 6.03 Å². The highest BCUT2D eigenvalue weighted by Gasteiger charge is 2.25. The number of nitrogens with one attached hydrogen (secondary N) is 1. The number of nitrogens with zero attached hydrogens (tertiary/aromatic N) is 4. The molecule has 2 heterocycles. The van der Waals surface area contributed by atoms with E-state index in [1.54, 1.807) is 34.5 Å². The third kappa shape index (κ3) is 7.64. The molecule has 2 aromatic carbocycles. The molecular formula is C28H32ClN5O2S. The molecule has 1 aromatic heterocycles. The Morgan fingerprint density at radius 1 is 1.11 bits per heavy atom. The van der Waals surface area contributed by atoms with E-state index in [9.17, 15) is 9.59 Å². The summed E-state index contributed by atoms with van der Waals surface area (Å²) >= 11 is 7.44. The lowest BCUT2D eigenvalue weighted by molar-refractivity contribution is 0.0645. The summed E-state index contributed by atoms with van der Waals surface area (Å²) in [5.41, 5.74) is 2.26. The van der Waals surface area contributed by atoms with E-state index in [-0.39, 0.29) is 18.0 Å². The second-order valence-electron chi connectivity index (χ2n) is 9.19. The molecule has 0 saturated carbocycles. The van der Waals surface area contributed by atoms with Crippen LogP contribution in [0.4, 0.5) is 10.5 Å². The Labute approximate surface area is 227 Å². The van der Waals surface area contributed by atoms with E-state index in [0.29, 0.717) is 36.0 Å². The van der Waals surface area contributed by atoms with Crippen molar-refractivity contribution >= 4 is 46.6 Å². The number of thiazole rings is 1. The van der Waals surface area contributed by atoms with E-state index in [4.69, 9.17) is 11.6 Å². The number of benzene rings is 2. The standard InChI is InChI=1S/C28H32ClN5O2S/c1-21(2)34(28(36)30-24-12-6-11-23(29)18-24)19-26-31-25(20-37-26)27(35)33-16-14-32(15-17-33)13-7-10-22-8-4-3-5-9-22/h3-12,18,20-21H,13-17,19H2,1-2H3,(H,30,36)/b10-7+. The van der Waals surface area contributed by atoms with Crippen molar-refractivity contribution < 1.29 is 9.59 Å². The highest BCUT2D eigenvalue weighted by Crippen LogP contribution is 2.19. The molecule has 1 aliphatic heterocycles. The monoisotopic (exact) mass is 537 g/mol. The molecule has 1 N–H and O–H groups in total. The average Bonchev–Trinajstić information content (AvgIpc) is 3.36. The van der Waals surface area contributed by atoms with Crippen LogP contribution in [-0.4, -0.2) is 70.4 Å². The normalized spacial score (nSPS) is 14.3. The summed E-state index contributed by atoms with van der Waals surface area (Å²) in [7, 11) is 0. The zero-order chi connectivity index (χ0) is 26.2. The van der Waals surface area contributed by atoms with Crippen molar-refractivity contribution in [1.29, 1.82) is 0 Å². The third-order valence-corrected chi connectivity index (χ3v) is 7.24. The Morgan fingerprint density at radius 3 is 2.57 bits per heavy atom. The van der Waals surface area contributed by atoms with E-state index in [1.165, 1.54) is 16.9 Å². The van der Waals surface area contributed by atoms with Crippen LogP contribution in [0.1, 0.15) is 34.9 Å². The van der Waals surface area contributed by atoms with Gasteiger partial charge in [-0.2, -0.15) is 0 Å². The predicted molar refractivity (Wildman–Crippen MR) is 151 cm³/mol. The maximum Gasteiger partial charge on any atom is 0.322 e. The topological polar surface area (TPSA) is 68.8 Å². The minimum Gasteiger partial charge on any atom is -0.335 e. The molecule has 0 bridgehead atoms. The van der Waals surface area contributed by atoms with Gasteiger partial charge in [-0.25, -0.2) is 9.78 Å². The maximum absolute atomic E-state index is 13.1. The summed E-state index contributed by atoms with van der Waals surface area (Å²) in [6.45, 7) is 8.08. The van der Waals surface area contributed by atoms with Gasteiger partial charge in [-0.3, -0.25) is 9.69 Å². The molecule has 1 fully saturated rings. The highest BCUT2D eigenvalue weighted by molar-refractivity contribution is 7.09. The molecule has 0 aliphatic carbocycles. The van der Waals surface area contributed by atoms with E-state index in [0.717, 1.165) is 24.6 Å². The van der Waals surface area contributed by atoms with Crippen LogP contribution in [0.5, 0.6) is 0 Å². The number of hydrogen-bond donors (Lipinski definition) is 1. The first-order chi connectivity index (χ1) is 17.9. The number of halogens is 1. The van der Waals surface area contributed by atoms with Gasteiger partial charge in [0.15, 0.2) is 0 Å². The van der Waals surface area contributed by atoms with E-state index in [2.05, 4.69) is 39.5 Å². The summed E-state index contributed by atoms with van der Waals surface area (Å²) < 4.78 is 0. The number of amides is 3. The molecule has 3 aromatic rings. The average molecular weight is 538 g/mol. The smallest absolute Gasteiger partial charge is 0.322 e. The molecule has 4 rings (SSSR count). The Kier molecular flexibility index (Phi) is 9.33. The lowest BCUT2D eigenvalue weighted by atomic mass is 10.2. The minimum absolute atomic E-state index is 0.0498. The first-order valence-electron chi connectivity index (χ1n) is 12.4. The summed E-state index contributed by atoms with van der Waals surface area (Å²) in [6.07, 6.45) is 4.30. The van der Waals surface area contributed by atoms with Gasteiger partial charge in [-0.05, 0) is 37.6 Å². The van der Waals surface area contributed by atoms with Gasteiger partial charge in [0.05, 0.1) is 6.54 Å². The van der Waals surface area contributed by atoms with Crippen LogP contribution in [0.3, 0.4) is 0 Å². The first kappa shape index (κ1) is 26.9. The van der Waals surface area contributed by atoms with E-state index >= 15 is 0 Å². The van der Waals surface area contributed by atoms with Gasteiger partial charge in [0, 0.05) is 54.9 Å². The van der Waals surface area contributed by atoms with Crippen LogP contribution >= 0.6 is 22.9 Å². The quantitative estimate of drug-likeness (QED) is 0.399. The van der Waals surface area contributed by atoms with Crippen molar-refractivity contribution in [1.82, 2.24) is 19.7 Å². The number of urea groups is 1. The lowest BCUT2D eigenvalue weighted by Crippen LogP contribution is -2.48. The van der Waals surface area contributed by atoms with Gasteiger partial charge in [0.1, 0.15) is 10.7 Å². The number of rotatable bonds is 8. The Morgan fingerprint density at radius 2 is 1.86 bits per heavy atom. The SMILES string of the molecule is CC(C)N(Cc1nc(C(=O)N2CCN(C/C=C/c3ccccc3)CC2)cs1)C(=O)Nc1cccc(Cl)c1. The molecule has 0 spiro atoms. The Bertz CT molecular complexity index is 1220. The van der Waals surface area contributed by atoms with Gasteiger partial charge in [0.2, 0.25) is 0 Å². The minimum atomic E-state index is -0.238. The molecule has 0 unspecified atom stereocenters. The molecular weight excluding hydrogens is 506 g/mol. The summed E-state index contributed by atoms with van der Waals surface area (Å²) in [5, 5.41) is 5.96. The molecule has 9 heteroatoms. The van der Waals surface area contributed by atoms with Gasteiger partial charge in [-0.1, -0.05) is 60.2 Å². The largest absolute Gasteiger partial charge is 0.335 e. The summed E-state index contributed by atoms with van der Waals surface area (Å²) in [6, 6.07) is 17.0. The zero-order valence-corrected chi connectivity index (χ0v) is 22.7. The van der Waals surface area contributed by atoms with Crippen LogP contribution in [0.15, 0.2) is 66.1 Å². The number of carbonyl (C=O) groups excluding carboxylic acids is 2. The predicted octanol–water partition coefficient (Wildman–Crippen LogP) is 5.71. The molecule has 0 radical (unpaired) electrons. The van der Waals surface area contributed by atoms with Crippen LogP contribution in [0.2, 0.25) is 5.02 Å². The fraction of sp³-hybridized carbons (Fsp3) is 0.321. The van der Waals surface area contributed by atoms with Gasteiger partial charge in [0.25, 0.3) is 5.91 Å². The summed E-state index contributed by atoms with van der Waals surface area (Å²) in [4.78, 5) is 36.5. The number of aromatic nitrogens is 1. The zero-order valence-electron chi connectivity index (χ0n) is 21.1. The molecule has 1 aliphatic rings. The summed E-state index contributed by atoms with van der Waals surface area (Å²) in [5.74, 6) is -0.0542. The van der Waals surface area contributed by atoms with E-state index in [1.807, 2.05) is 36.9 Å². The second-order valence-corrected chi connectivity index (χ2v) is 10.6. The van der Waals surface area contributed by atoms with Crippen molar-refractivity contribution in [3.05, 3.63) is 87.3 Å². The number of piperazine rings is 1. The van der Waals surface area contributed by atoms with Crippen molar-refractivity contribution in [2.45, 2.75) is 26.4 Å². The molecule has 194 valence electrons. The van der Waals surface area contributed by atoms with Crippen LogP contribution in [0.25, 0.3) is 6.08 Å². The Hall–Kier alpha value is -3.20. The third-order valence-electron chi connectivity index (χ3n) is 6.17. The fourth-order valence-corrected chi connectivity index (χ4v) is 5.03.